The first-order valence-electron chi connectivity index (χ1n) is 23.8. The number of primary amides is 3. The molecule has 11 N–H and O–H groups in total. The molecule has 0 spiro atoms. The first-order chi connectivity index (χ1) is 32.8. The van der Waals surface area contributed by atoms with Gasteiger partial charge in [-0.15, -0.1) is 0 Å². The molecule has 8 amide bonds. The minimum atomic E-state index is -4.24. The van der Waals surface area contributed by atoms with E-state index in [0.29, 0.717) is 31.2 Å². The standard InChI is InChI=1S/C47H70N8O14S/c1-5-26(3)32-24-38(59)35(21-28-7-11-31(56)12-8-28)51-42(63)18-20-70(68,69)19-17-34(53-45(65)29(23-41(50)62)22-37(58)33(52-46(32)66)13-15-39(48)60)47(67)55(30-9-10-30)25-43(64)54-44(27(4)6-2)36(57)14-16-40(49)61/h7-8,11-12,26-27,29-30,32-35,44,56H,5-6,9-10,13-25H2,1-4H3,(H2,48,60)(H2,49,61)(H2,50,62)(H,51,63)(H,52,66)(H,53,65)(H,54,64)/t26-,27-,29-,32-,33-,34-,35-,44-/m0/s1. The molecular weight excluding hydrogens is 933 g/mol. The molecular formula is C47H70N8O14S. The number of aromatic hydroxyl groups is 1. The maximum atomic E-state index is 14.5. The molecule has 1 saturated heterocycles. The van der Waals surface area contributed by atoms with Crippen LogP contribution in [0, 0.1) is 23.7 Å². The maximum Gasteiger partial charge on any atom is 0.245 e. The van der Waals surface area contributed by atoms with E-state index in [1.54, 1.807) is 27.7 Å². The molecule has 23 heteroatoms. The van der Waals surface area contributed by atoms with Crippen molar-refractivity contribution in [2.45, 2.75) is 148 Å². The fraction of sp³-hybridized carbons (Fsp3) is 0.638. The van der Waals surface area contributed by atoms with Crippen LogP contribution in [0.5, 0.6) is 5.75 Å². The van der Waals surface area contributed by atoms with Gasteiger partial charge in [0.25, 0.3) is 0 Å². The van der Waals surface area contributed by atoms with E-state index in [1.165, 1.54) is 24.3 Å². The lowest BCUT2D eigenvalue weighted by molar-refractivity contribution is -0.142. The van der Waals surface area contributed by atoms with E-state index in [0.717, 1.165) is 4.90 Å². The number of hydrogen-bond donors (Lipinski definition) is 8. The van der Waals surface area contributed by atoms with E-state index in [9.17, 15) is 66.3 Å². The molecule has 2 fully saturated rings. The smallest absolute Gasteiger partial charge is 0.245 e. The molecule has 3 rings (SSSR count). The summed E-state index contributed by atoms with van der Waals surface area (Å²) in [7, 11) is -4.24. The Labute approximate surface area is 408 Å². The minimum absolute atomic E-state index is 0.0669. The highest BCUT2D eigenvalue weighted by Crippen LogP contribution is 2.28. The monoisotopic (exact) mass is 1000 g/mol. The quantitative estimate of drug-likeness (QED) is 0.0801. The topological polar surface area (TPSA) is 372 Å². The van der Waals surface area contributed by atoms with Crippen LogP contribution in [0.2, 0.25) is 0 Å². The van der Waals surface area contributed by atoms with Crippen molar-refractivity contribution in [1.29, 1.82) is 0 Å². The third-order valence-electron chi connectivity index (χ3n) is 12.9. The summed E-state index contributed by atoms with van der Waals surface area (Å²) in [5.41, 5.74) is 16.7. The third-order valence-corrected chi connectivity index (χ3v) is 14.6. The van der Waals surface area contributed by atoms with Crippen LogP contribution >= 0.6 is 0 Å². The molecule has 0 radical (unpaired) electrons. The molecule has 70 heavy (non-hydrogen) atoms. The molecule has 1 saturated carbocycles. The van der Waals surface area contributed by atoms with Gasteiger partial charge < -0.3 is 48.5 Å². The number of ketones is 3. The summed E-state index contributed by atoms with van der Waals surface area (Å²) in [5, 5.41) is 20.2. The zero-order valence-electron chi connectivity index (χ0n) is 40.4. The molecule has 0 bridgehead atoms. The fourth-order valence-electron chi connectivity index (χ4n) is 8.06. The molecule has 8 atom stereocenters. The van der Waals surface area contributed by atoms with Crippen molar-refractivity contribution in [3.05, 3.63) is 29.8 Å². The number of amides is 8. The van der Waals surface area contributed by atoms with Gasteiger partial charge in [-0.3, -0.25) is 52.7 Å². The number of hydrogen-bond acceptors (Lipinski definition) is 14. The summed E-state index contributed by atoms with van der Waals surface area (Å²) in [4.78, 5) is 148. The van der Waals surface area contributed by atoms with Crippen LogP contribution in [0.15, 0.2) is 24.3 Å². The van der Waals surface area contributed by atoms with Gasteiger partial charge in [0.2, 0.25) is 47.3 Å². The van der Waals surface area contributed by atoms with Crippen LogP contribution < -0.4 is 38.5 Å². The van der Waals surface area contributed by atoms with Gasteiger partial charge in [-0.05, 0) is 61.6 Å². The number of rotatable bonds is 20. The van der Waals surface area contributed by atoms with Crippen molar-refractivity contribution in [1.82, 2.24) is 26.2 Å². The summed E-state index contributed by atoms with van der Waals surface area (Å²) >= 11 is 0. The largest absolute Gasteiger partial charge is 0.508 e. The van der Waals surface area contributed by atoms with Crippen LogP contribution in [0.1, 0.15) is 117 Å². The Kier molecular flexibility index (Phi) is 22.6. The second-order valence-corrected chi connectivity index (χ2v) is 20.9. The molecule has 388 valence electrons. The Morgan fingerprint density at radius 1 is 0.771 bits per heavy atom. The van der Waals surface area contributed by atoms with E-state index < -0.39 is 185 Å². The number of phenols is 1. The Morgan fingerprint density at radius 2 is 1.40 bits per heavy atom. The Balaban J connectivity index is 2.09. The first kappa shape index (κ1) is 58.1. The number of Topliss-reactive ketones (excluding diaryl/α,β-unsaturated/α-hetero) is 3. The van der Waals surface area contributed by atoms with Crippen LogP contribution in [0.25, 0.3) is 0 Å². The molecule has 0 unspecified atom stereocenters. The predicted molar refractivity (Wildman–Crippen MR) is 253 cm³/mol. The van der Waals surface area contributed by atoms with Gasteiger partial charge >= 0.3 is 0 Å². The zero-order chi connectivity index (χ0) is 52.5. The van der Waals surface area contributed by atoms with E-state index in [-0.39, 0.29) is 31.4 Å². The summed E-state index contributed by atoms with van der Waals surface area (Å²) in [6.07, 6.45) is -2.96. The lowest BCUT2D eigenvalue weighted by atomic mass is 9.84. The molecule has 1 aromatic rings. The molecule has 22 nitrogen and oxygen atoms in total. The SMILES string of the molecule is CC[C@H](C)[C@@H]1CC(=O)[C@H](Cc2ccc(O)cc2)NC(=O)CCS(=O)(=O)CC[C@@H](C(=O)N(CC(=O)N[C@H](C(=O)CCC(N)=O)[C@@H](C)CC)C2CC2)NC(=O)[C@H](CC(N)=O)CC(=O)[C@H](CCC(N)=O)NC1=O. The van der Waals surface area contributed by atoms with Crippen molar-refractivity contribution in [2.24, 2.45) is 40.9 Å². The molecule has 1 heterocycles. The van der Waals surface area contributed by atoms with Crippen molar-refractivity contribution in [2.75, 3.05) is 18.1 Å². The average Bonchev–Trinajstić information content (AvgIpc) is 4.15. The number of sulfone groups is 1. The molecule has 1 aliphatic carbocycles. The Morgan fingerprint density at radius 3 is 1.97 bits per heavy atom. The van der Waals surface area contributed by atoms with Gasteiger partial charge in [0.05, 0.1) is 42.1 Å². The average molecular weight is 1000 g/mol. The molecule has 1 aromatic carbocycles. The highest BCUT2D eigenvalue weighted by atomic mass is 32.2. The fourth-order valence-corrected chi connectivity index (χ4v) is 9.35. The Hall–Kier alpha value is -6.26. The highest BCUT2D eigenvalue weighted by molar-refractivity contribution is 7.91. The molecule has 1 aliphatic heterocycles. The van der Waals surface area contributed by atoms with E-state index in [4.69, 9.17) is 17.2 Å². The van der Waals surface area contributed by atoms with Crippen LogP contribution in [-0.4, -0.2) is 131 Å². The van der Waals surface area contributed by atoms with Gasteiger partial charge in [0.1, 0.15) is 11.8 Å². The second-order valence-electron chi connectivity index (χ2n) is 18.6. The van der Waals surface area contributed by atoms with E-state index in [1.807, 2.05) is 0 Å². The number of nitrogens with one attached hydrogen (secondary N) is 4. The van der Waals surface area contributed by atoms with E-state index >= 15 is 0 Å². The molecule has 2 aliphatic rings. The van der Waals surface area contributed by atoms with Crippen LogP contribution in [0.3, 0.4) is 0 Å². The van der Waals surface area contributed by atoms with Gasteiger partial charge in [0, 0.05) is 56.9 Å². The number of phenolic OH excluding ortho intramolecular Hbond substituents is 1. The number of benzene rings is 1. The van der Waals surface area contributed by atoms with Crippen molar-refractivity contribution < 1.29 is 66.3 Å². The normalized spacial score (nSPS) is 23.3. The number of carbonyl (C=O) groups is 11. The minimum Gasteiger partial charge on any atom is -0.508 e. The van der Waals surface area contributed by atoms with Crippen molar-refractivity contribution in [3.63, 3.8) is 0 Å². The van der Waals surface area contributed by atoms with Crippen molar-refractivity contribution >= 4 is 74.4 Å². The first-order valence-corrected chi connectivity index (χ1v) is 25.6. The third kappa shape index (κ3) is 19.3. The summed E-state index contributed by atoms with van der Waals surface area (Å²) in [6.45, 7) is 6.31. The predicted octanol–water partition coefficient (Wildman–Crippen LogP) is -0.708. The lowest BCUT2D eigenvalue weighted by Gasteiger charge is -2.30. The van der Waals surface area contributed by atoms with Crippen LogP contribution in [-0.2, 0) is 69.0 Å². The van der Waals surface area contributed by atoms with Gasteiger partial charge in [-0.2, -0.15) is 0 Å². The van der Waals surface area contributed by atoms with Gasteiger partial charge in [-0.25, -0.2) is 8.42 Å². The van der Waals surface area contributed by atoms with Crippen LogP contribution in [0.4, 0.5) is 0 Å². The molecule has 0 aromatic heterocycles. The number of nitrogens with two attached hydrogens (primary N) is 3. The van der Waals surface area contributed by atoms with Crippen molar-refractivity contribution in [3.8, 4) is 5.75 Å². The number of nitrogens with zero attached hydrogens (tertiary/aromatic N) is 1. The summed E-state index contributed by atoms with van der Waals surface area (Å²) in [5.74, 6) is -14.1. The maximum absolute atomic E-state index is 14.5. The zero-order valence-corrected chi connectivity index (χ0v) is 41.2. The highest BCUT2D eigenvalue weighted by Gasteiger charge is 2.41. The Bertz CT molecular complexity index is 2220. The van der Waals surface area contributed by atoms with Gasteiger partial charge in [0.15, 0.2) is 27.2 Å². The summed E-state index contributed by atoms with van der Waals surface area (Å²) in [6, 6.07) is -0.312. The van der Waals surface area contributed by atoms with E-state index in [2.05, 4.69) is 21.3 Å². The lowest BCUT2D eigenvalue weighted by Crippen LogP contribution is -2.55. The number of carbonyl (C=O) groups excluding carboxylic acids is 11. The van der Waals surface area contributed by atoms with Gasteiger partial charge in [-0.1, -0.05) is 52.7 Å². The summed E-state index contributed by atoms with van der Waals surface area (Å²) < 4.78 is 27.3. The second kappa shape index (κ2) is 27.2.